The summed E-state index contributed by atoms with van der Waals surface area (Å²) in [5.41, 5.74) is 0. The molecule has 0 radical (unpaired) electrons. The highest BCUT2D eigenvalue weighted by Gasteiger charge is 2.30. The molecular weight excluding hydrogens is 214 g/mol. The standard InChI is InChI=1S/C10H17NO3S/c12-10(9-2-1-3-9)11-6-8-4-5-15(13,14)7-8/h8-9H,1-7H2,(H,11,12). The van der Waals surface area contributed by atoms with E-state index in [0.29, 0.717) is 13.0 Å². The average Bonchev–Trinajstić information content (AvgIpc) is 2.39. The summed E-state index contributed by atoms with van der Waals surface area (Å²) in [6, 6.07) is 0. The highest BCUT2D eigenvalue weighted by molar-refractivity contribution is 7.91. The normalized spacial score (nSPS) is 29.7. The van der Waals surface area contributed by atoms with Crippen LogP contribution >= 0.6 is 0 Å². The molecule has 15 heavy (non-hydrogen) atoms. The topological polar surface area (TPSA) is 63.2 Å². The summed E-state index contributed by atoms with van der Waals surface area (Å²) in [6.07, 6.45) is 3.84. The summed E-state index contributed by atoms with van der Waals surface area (Å²) in [5, 5.41) is 2.86. The van der Waals surface area contributed by atoms with Crippen molar-refractivity contribution in [3.63, 3.8) is 0 Å². The van der Waals surface area contributed by atoms with E-state index in [1.807, 2.05) is 0 Å². The minimum Gasteiger partial charge on any atom is -0.356 e. The van der Waals surface area contributed by atoms with Gasteiger partial charge in [0.05, 0.1) is 11.5 Å². The molecular formula is C10H17NO3S. The lowest BCUT2D eigenvalue weighted by Crippen LogP contribution is -2.37. The summed E-state index contributed by atoms with van der Waals surface area (Å²) >= 11 is 0. The van der Waals surface area contributed by atoms with E-state index in [1.54, 1.807) is 0 Å². The van der Waals surface area contributed by atoms with Gasteiger partial charge in [-0.3, -0.25) is 4.79 Å². The molecule has 1 saturated carbocycles. The Hall–Kier alpha value is -0.580. The quantitative estimate of drug-likeness (QED) is 0.761. The van der Waals surface area contributed by atoms with Gasteiger partial charge in [-0.05, 0) is 25.2 Å². The molecule has 1 saturated heterocycles. The van der Waals surface area contributed by atoms with E-state index >= 15 is 0 Å². The van der Waals surface area contributed by atoms with Crippen LogP contribution in [0.2, 0.25) is 0 Å². The summed E-state index contributed by atoms with van der Waals surface area (Å²) in [7, 11) is -2.81. The fourth-order valence-electron chi connectivity index (χ4n) is 2.09. The second kappa shape index (κ2) is 4.12. The molecule has 4 nitrogen and oxygen atoms in total. The molecule has 2 fully saturated rings. The lowest BCUT2D eigenvalue weighted by Gasteiger charge is -2.24. The van der Waals surface area contributed by atoms with Crippen molar-refractivity contribution in [2.75, 3.05) is 18.1 Å². The minimum absolute atomic E-state index is 0.116. The summed E-state index contributed by atoms with van der Waals surface area (Å²) in [4.78, 5) is 11.5. The first-order valence-electron chi connectivity index (χ1n) is 5.55. The van der Waals surface area contributed by atoms with Gasteiger partial charge in [0.1, 0.15) is 0 Å². The SMILES string of the molecule is O=C(NCC1CCS(=O)(=O)C1)C1CCC1. The molecule has 1 atom stereocenters. The maximum absolute atomic E-state index is 11.5. The third kappa shape index (κ3) is 2.71. The van der Waals surface area contributed by atoms with Crippen molar-refractivity contribution in [2.45, 2.75) is 25.7 Å². The van der Waals surface area contributed by atoms with Gasteiger partial charge >= 0.3 is 0 Å². The van der Waals surface area contributed by atoms with Crippen LogP contribution < -0.4 is 5.32 Å². The van der Waals surface area contributed by atoms with Crippen LogP contribution in [0.25, 0.3) is 0 Å². The Kier molecular flexibility index (Phi) is 3.00. The predicted octanol–water partition coefficient (Wildman–Crippen LogP) is 0.337. The number of nitrogens with one attached hydrogen (secondary N) is 1. The molecule has 1 N–H and O–H groups in total. The zero-order chi connectivity index (χ0) is 10.9. The van der Waals surface area contributed by atoms with Gasteiger partial charge < -0.3 is 5.32 Å². The first-order valence-corrected chi connectivity index (χ1v) is 7.37. The van der Waals surface area contributed by atoms with Gasteiger partial charge in [-0.2, -0.15) is 0 Å². The number of hydrogen-bond donors (Lipinski definition) is 1. The van der Waals surface area contributed by atoms with Crippen LogP contribution in [0.4, 0.5) is 0 Å². The molecule has 86 valence electrons. The van der Waals surface area contributed by atoms with E-state index in [1.165, 1.54) is 0 Å². The Morgan fingerprint density at radius 3 is 2.47 bits per heavy atom. The van der Waals surface area contributed by atoms with E-state index in [0.717, 1.165) is 19.3 Å². The van der Waals surface area contributed by atoms with Crippen molar-refractivity contribution in [3.05, 3.63) is 0 Å². The highest BCUT2D eigenvalue weighted by atomic mass is 32.2. The number of amides is 1. The van der Waals surface area contributed by atoms with Crippen LogP contribution in [0.1, 0.15) is 25.7 Å². The molecule has 1 aliphatic heterocycles. The van der Waals surface area contributed by atoms with Gasteiger partial charge in [-0.15, -0.1) is 0 Å². The first kappa shape index (κ1) is 10.9. The zero-order valence-corrected chi connectivity index (χ0v) is 9.55. The van der Waals surface area contributed by atoms with Crippen LogP contribution in [0.15, 0.2) is 0 Å². The second-order valence-corrected chi connectivity index (χ2v) is 6.87. The molecule has 0 bridgehead atoms. The number of carbonyl (C=O) groups is 1. The van der Waals surface area contributed by atoms with Crippen molar-refractivity contribution in [1.82, 2.24) is 5.32 Å². The first-order chi connectivity index (χ1) is 7.07. The van der Waals surface area contributed by atoms with Crippen molar-refractivity contribution >= 4 is 15.7 Å². The molecule has 1 heterocycles. The molecule has 2 rings (SSSR count). The van der Waals surface area contributed by atoms with Crippen molar-refractivity contribution in [2.24, 2.45) is 11.8 Å². The fraction of sp³-hybridized carbons (Fsp3) is 0.900. The van der Waals surface area contributed by atoms with Gasteiger partial charge in [0.15, 0.2) is 9.84 Å². The van der Waals surface area contributed by atoms with Crippen LogP contribution in [-0.2, 0) is 14.6 Å². The van der Waals surface area contributed by atoms with E-state index in [4.69, 9.17) is 0 Å². The van der Waals surface area contributed by atoms with E-state index in [-0.39, 0.29) is 29.2 Å². The van der Waals surface area contributed by atoms with E-state index in [9.17, 15) is 13.2 Å². The monoisotopic (exact) mass is 231 g/mol. The van der Waals surface area contributed by atoms with E-state index < -0.39 is 9.84 Å². The molecule has 0 aromatic carbocycles. The average molecular weight is 231 g/mol. The van der Waals surface area contributed by atoms with Gasteiger partial charge in [-0.25, -0.2) is 8.42 Å². The molecule has 0 spiro atoms. The fourth-order valence-corrected chi connectivity index (χ4v) is 3.95. The van der Waals surface area contributed by atoms with Crippen LogP contribution in [0.5, 0.6) is 0 Å². The number of hydrogen-bond acceptors (Lipinski definition) is 3. The number of carbonyl (C=O) groups excluding carboxylic acids is 1. The van der Waals surface area contributed by atoms with Crippen molar-refractivity contribution in [3.8, 4) is 0 Å². The Balaban J connectivity index is 1.72. The maximum atomic E-state index is 11.5. The second-order valence-electron chi connectivity index (χ2n) is 4.64. The maximum Gasteiger partial charge on any atom is 0.223 e. The Bertz CT molecular complexity index is 346. The molecule has 2 aliphatic rings. The molecule has 1 unspecified atom stereocenters. The Morgan fingerprint density at radius 1 is 1.27 bits per heavy atom. The lowest BCUT2D eigenvalue weighted by atomic mass is 9.85. The minimum atomic E-state index is -2.81. The molecule has 1 amide bonds. The number of rotatable bonds is 3. The molecule has 0 aromatic rings. The predicted molar refractivity (Wildman–Crippen MR) is 57.1 cm³/mol. The van der Waals surface area contributed by atoms with E-state index in [2.05, 4.69) is 5.32 Å². The largest absolute Gasteiger partial charge is 0.356 e. The van der Waals surface area contributed by atoms with Crippen molar-refractivity contribution in [1.29, 1.82) is 0 Å². The zero-order valence-electron chi connectivity index (χ0n) is 8.74. The van der Waals surface area contributed by atoms with Crippen LogP contribution in [-0.4, -0.2) is 32.4 Å². The Morgan fingerprint density at radius 2 is 2.00 bits per heavy atom. The molecule has 1 aliphatic carbocycles. The Labute approximate surface area is 90.3 Å². The number of sulfone groups is 1. The summed E-state index contributed by atoms with van der Waals surface area (Å²) in [5.74, 6) is 0.988. The van der Waals surface area contributed by atoms with Crippen molar-refractivity contribution < 1.29 is 13.2 Å². The summed E-state index contributed by atoms with van der Waals surface area (Å²) < 4.78 is 22.3. The van der Waals surface area contributed by atoms with Crippen LogP contribution in [0.3, 0.4) is 0 Å². The van der Waals surface area contributed by atoms with Gasteiger partial charge in [0, 0.05) is 12.5 Å². The van der Waals surface area contributed by atoms with Gasteiger partial charge in [0.25, 0.3) is 0 Å². The third-order valence-corrected chi connectivity index (χ3v) is 5.20. The molecule has 0 aromatic heterocycles. The lowest BCUT2D eigenvalue weighted by molar-refractivity contribution is -0.127. The smallest absolute Gasteiger partial charge is 0.223 e. The molecule has 5 heteroatoms. The van der Waals surface area contributed by atoms with Gasteiger partial charge in [-0.1, -0.05) is 6.42 Å². The third-order valence-electron chi connectivity index (χ3n) is 3.37. The summed E-state index contributed by atoms with van der Waals surface area (Å²) in [6.45, 7) is 0.536. The van der Waals surface area contributed by atoms with Crippen LogP contribution in [0, 0.1) is 11.8 Å². The van der Waals surface area contributed by atoms with Gasteiger partial charge in [0.2, 0.25) is 5.91 Å². The highest BCUT2D eigenvalue weighted by Crippen LogP contribution is 2.26.